The number of carbonyl (C=O) groups excluding carboxylic acids is 1. The lowest BCUT2D eigenvalue weighted by Gasteiger charge is -2.33. The number of rotatable bonds is 4. The van der Waals surface area contributed by atoms with E-state index in [1.165, 1.54) is 12.8 Å². The molecule has 0 spiro atoms. The zero-order chi connectivity index (χ0) is 13.0. The molecule has 0 aromatic carbocycles. The minimum absolute atomic E-state index is 0.0561. The van der Waals surface area contributed by atoms with Crippen LogP contribution in [0.15, 0.2) is 0 Å². The summed E-state index contributed by atoms with van der Waals surface area (Å²) in [5.41, 5.74) is -0.663. The standard InChI is InChI=1S/C14H26N2O2/c1-11(12-8-15-9-12)13(17)16-10-14(18)6-4-2-3-5-7-14/h11-12,15,18H,2-10H2,1H3,(H,16,17). The molecule has 0 bridgehead atoms. The Hall–Kier alpha value is -0.610. The molecule has 2 fully saturated rings. The molecule has 104 valence electrons. The molecule has 0 aromatic rings. The highest BCUT2D eigenvalue weighted by atomic mass is 16.3. The van der Waals surface area contributed by atoms with E-state index >= 15 is 0 Å². The van der Waals surface area contributed by atoms with Gasteiger partial charge >= 0.3 is 0 Å². The second-order valence-corrected chi connectivity index (χ2v) is 6.06. The third kappa shape index (κ3) is 3.45. The zero-order valence-electron chi connectivity index (χ0n) is 11.4. The van der Waals surface area contributed by atoms with Crippen molar-refractivity contribution >= 4 is 5.91 Å². The van der Waals surface area contributed by atoms with Crippen LogP contribution in [0.5, 0.6) is 0 Å². The van der Waals surface area contributed by atoms with Gasteiger partial charge in [0.1, 0.15) is 0 Å². The number of hydrogen-bond donors (Lipinski definition) is 3. The summed E-state index contributed by atoms with van der Waals surface area (Å²) < 4.78 is 0. The van der Waals surface area contributed by atoms with Crippen LogP contribution in [0.1, 0.15) is 45.4 Å². The van der Waals surface area contributed by atoms with Crippen LogP contribution < -0.4 is 10.6 Å². The first-order valence-corrected chi connectivity index (χ1v) is 7.31. The van der Waals surface area contributed by atoms with Gasteiger partial charge in [-0.2, -0.15) is 0 Å². The van der Waals surface area contributed by atoms with Crippen molar-refractivity contribution in [3.8, 4) is 0 Å². The summed E-state index contributed by atoms with van der Waals surface area (Å²) >= 11 is 0. The maximum atomic E-state index is 12.0. The van der Waals surface area contributed by atoms with Crippen LogP contribution in [-0.2, 0) is 4.79 Å². The van der Waals surface area contributed by atoms with E-state index in [2.05, 4.69) is 10.6 Å². The van der Waals surface area contributed by atoms with E-state index in [0.29, 0.717) is 12.5 Å². The topological polar surface area (TPSA) is 61.4 Å². The van der Waals surface area contributed by atoms with Crippen LogP contribution in [0.25, 0.3) is 0 Å². The largest absolute Gasteiger partial charge is 0.388 e. The van der Waals surface area contributed by atoms with Gasteiger partial charge in [0.15, 0.2) is 0 Å². The molecule has 1 atom stereocenters. The number of amides is 1. The minimum Gasteiger partial charge on any atom is -0.388 e. The highest BCUT2D eigenvalue weighted by Crippen LogP contribution is 2.26. The van der Waals surface area contributed by atoms with Gasteiger partial charge in [-0.3, -0.25) is 4.79 Å². The van der Waals surface area contributed by atoms with Gasteiger partial charge in [-0.1, -0.05) is 32.6 Å². The molecule has 1 aliphatic carbocycles. The maximum absolute atomic E-state index is 12.0. The summed E-state index contributed by atoms with van der Waals surface area (Å²) in [5, 5.41) is 16.6. The zero-order valence-corrected chi connectivity index (χ0v) is 11.4. The van der Waals surface area contributed by atoms with E-state index < -0.39 is 5.60 Å². The SMILES string of the molecule is CC(C(=O)NCC1(O)CCCCCC1)C1CNC1. The average molecular weight is 254 g/mol. The van der Waals surface area contributed by atoms with Gasteiger partial charge in [-0.15, -0.1) is 0 Å². The summed E-state index contributed by atoms with van der Waals surface area (Å²) in [6.45, 7) is 4.30. The summed E-state index contributed by atoms with van der Waals surface area (Å²) in [7, 11) is 0. The molecular weight excluding hydrogens is 228 g/mol. The van der Waals surface area contributed by atoms with Crippen LogP contribution in [0.4, 0.5) is 0 Å². The normalized spacial score (nSPS) is 25.9. The van der Waals surface area contributed by atoms with E-state index in [9.17, 15) is 9.90 Å². The van der Waals surface area contributed by atoms with Gasteiger partial charge in [-0.05, 0) is 31.8 Å². The molecule has 18 heavy (non-hydrogen) atoms. The van der Waals surface area contributed by atoms with Crippen LogP contribution in [0, 0.1) is 11.8 Å². The molecule has 1 unspecified atom stereocenters. The van der Waals surface area contributed by atoms with Gasteiger partial charge in [-0.25, -0.2) is 0 Å². The monoisotopic (exact) mass is 254 g/mol. The maximum Gasteiger partial charge on any atom is 0.223 e. The van der Waals surface area contributed by atoms with Crippen LogP contribution >= 0.6 is 0 Å². The number of nitrogens with one attached hydrogen (secondary N) is 2. The molecule has 4 nitrogen and oxygen atoms in total. The molecule has 1 aliphatic heterocycles. The molecule has 1 amide bonds. The Bertz CT molecular complexity index is 282. The molecule has 0 aromatic heterocycles. The van der Waals surface area contributed by atoms with Crippen LogP contribution in [0.3, 0.4) is 0 Å². The van der Waals surface area contributed by atoms with Crippen LogP contribution in [-0.4, -0.2) is 36.2 Å². The molecule has 1 saturated carbocycles. The minimum atomic E-state index is -0.663. The summed E-state index contributed by atoms with van der Waals surface area (Å²) in [5.74, 6) is 0.619. The van der Waals surface area contributed by atoms with Crippen molar-refractivity contribution in [2.24, 2.45) is 11.8 Å². The van der Waals surface area contributed by atoms with Crippen molar-refractivity contribution < 1.29 is 9.90 Å². The molecular formula is C14H26N2O2. The van der Waals surface area contributed by atoms with Crippen molar-refractivity contribution in [1.29, 1.82) is 0 Å². The summed E-state index contributed by atoms with van der Waals surface area (Å²) in [4.78, 5) is 12.0. The Morgan fingerprint density at radius 3 is 2.44 bits per heavy atom. The second-order valence-electron chi connectivity index (χ2n) is 6.06. The van der Waals surface area contributed by atoms with Crippen LogP contribution in [0.2, 0.25) is 0 Å². The number of aliphatic hydroxyl groups is 1. The molecule has 4 heteroatoms. The Kier molecular flexibility index (Phi) is 4.62. The Morgan fingerprint density at radius 1 is 1.33 bits per heavy atom. The number of hydrogen-bond acceptors (Lipinski definition) is 3. The van der Waals surface area contributed by atoms with Gasteiger partial charge < -0.3 is 15.7 Å². The molecule has 1 saturated heterocycles. The molecule has 2 aliphatic rings. The lowest BCUT2D eigenvalue weighted by atomic mass is 9.88. The van der Waals surface area contributed by atoms with Crippen molar-refractivity contribution in [3.63, 3.8) is 0 Å². The fraction of sp³-hybridized carbons (Fsp3) is 0.929. The number of carbonyl (C=O) groups is 1. The fourth-order valence-corrected chi connectivity index (χ4v) is 2.85. The Morgan fingerprint density at radius 2 is 1.94 bits per heavy atom. The highest BCUT2D eigenvalue weighted by Gasteiger charge is 2.32. The highest BCUT2D eigenvalue weighted by molar-refractivity contribution is 5.78. The van der Waals surface area contributed by atoms with E-state index in [1.807, 2.05) is 6.92 Å². The Labute approximate surface area is 110 Å². The second kappa shape index (κ2) is 6.02. The van der Waals surface area contributed by atoms with E-state index in [4.69, 9.17) is 0 Å². The Balaban J connectivity index is 1.76. The average Bonchev–Trinajstić information content (AvgIpc) is 2.49. The first-order valence-electron chi connectivity index (χ1n) is 7.31. The molecule has 1 heterocycles. The lowest BCUT2D eigenvalue weighted by molar-refractivity contribution is -0.128. The van der Waals surface area contributed by atoms with Gasteiger partial charge in [0.2, 0.25) is 5.91 Å². The third-order valence-corrected chi connectivity index (χ3v) is 4.56. The van der Waals surface area contributed by atoms with E-state index in [1.54, 1.807) is 0 Å². The van der Waals surface area contributed by atoms with Crippen molar-refractivity contribution in [3.05, 3.63) is 0 Å². The van der Waals surface area contributed by atoms with Crippen molar-refractivity contribution in [2.45, 2.75) is 51.0 Å². The quantitative estimate of drug-likeness (QED) is 0.657. The van der Waals surface area contributed by atoms with E-state index in [-0.39, 0.29) is 11.8 Å². The van der Waals surface area contributed by atoms with Crippen molar-refractivity contribution in [2.75, 3.05) is 19.6 Å². The fourth-order valence-electron chi connectivity index (χ4n) is 2.85. The van der Waals surface area contributed by atoms with Gasteiger partial charge in [0.25, 0.3) is 0 Å². The molecule has 2 rings (SSSR count). The first kappa shape index (κ1) is 13.8. The molecule has 0 radical (unpaired) electrons. The summed E-state index contributed by atoms with van der Waals surface area (Å²) in [6.07, 6.45) is 6.23. The predicted molar refractivity (Wildman–Crippen MR) is 71.2 cm³/mol. The van der Waals surface area contributed by atoms with Crippen molar-refractivity contribution in [1.82, 2.24) is 10.6 Å². The van der Waals surface area contributed by atoms with Gasteiger partial charge in [0.05, 0.1) is 5.60 Å². The smallest absolute Gasteiger partial charge is 0.223 e. The first-order chi connectivity index (χ1) is 8.61. The van der Waals surface area contributed by atoms with Gasteiger partial charge in [0, 0.05) is 12.5 Å². The third-order valence-electron chi connectivity index (χ3n) is 4.56. The molecule has 3 N–H and O–H groups in total. The lowest BCUT2D eigenvalue weighted by Crippen LogP contribution is -2.51. The predicted octanol–water partition coefficient (Wildman–Crippen LogP) is 1.04. The van der Waals surface area contributed by atoms with E-state index in [0.717, 1.165) is 38.8 Å². The summed E-state index contributed by atoms with van der Waals surface area (Å²) in [6, 6.07) is 0.